The summed E-state index contributed by atoms with van der Waals surface area (Å²) >= 11 is 0. The van der Waals surface area contributed by atoms with Crippen molar-refractivity contribution in [1.82, 2.24) is 4.90 Å². The number of benzene rings is 3. The molecule has 3 aromatic carbocycles. The van der Waals surface area contributed by atoms with E-state index >= 15 is 0 Å². The lowest BCUT2D eigenvalue weighted by Gasteiger charge is -2.37. The summed E-state index contributed by atoms with van der Waals surface area (Å²) in [6.45, 7) is 2.29. The van der Waals surface area contributed by atoms with Crippen molar-refractivity contribution in [2.24, 2.45) is 0 Å². The van der Waals surface area contributed by atoms with Gasteiger partial charge in [0.05, 0.1) is 24.0 Å². The van der Waals surface area contributed by atoms with E-state index in [4.69, 9.17) is 4.74 Å². The molecule has 1 N–H and O–H groups in total. The van der Waals surface area contributed by atoms with Gasteiger partial charge in [-0.25, -0.2) is 4.79 Å². The number of methoxy groups -OCH3 is 1. The zero-order chi connectivity index (χ0) is 24.6. The molecule has 7 heteroatoms. The van der Waals surface area contributed by atoms with Crippen LogP contribution >= 0.6 is 0 Å². The van der Waals surface area contributed by atoms with Crippen molar-refractivity contribution < 1.29 is 19.1 Å². The van der Waals surface area contributed by atoms with E-state index in [1.54, 1.807) is 24.3 Å². The second-order valence-corrected chi connectivity index (χ2v) is 8.10. The van der Waals surface area contributed by atoms with E-state index in [2.05, 4.69) is 10.2 Å². The van der Waals surface area contributed by atoms with Gasteiger partial charge in [0.25, 0.3) is 5.91 Å². The minimum atomic E-state index is -0.481. The molecule has 1 fully saturated rings. The molecule has 0 unspecified atom stereocenters. The topological polar surface area (TPSA) is 79.0 Å². The van der Waals surface area contributed by atoms with Crippen molar-refractivity contribution in [3.8, 4) is 0 Å². The molecule has 178 valence electrons. The van der Waals surface area contributed by atoms with Gasteiger partial charge >= 0.3 is 5.97 Å². The Kier molecular flexibility index (Phi) is 7.57. The van der Waals surface area contributed by atoms with Crippen LogP contribution in [-0.4, -0.2) is 56.0 Å². The first kappa shape index (κ1) is 23.8. The molecule has 1 heterocycles. The fraction of sp³-hybridized carbons (Fsp3) is 0.179. The zero-order valence-corrected chi connectivity index (χ0v) is 19.5. The van der Waals surface area contributed by atoms with Gasteiger partial charge < -0.3 is 19.9 Å². The number of anilines is 2. The van der Waals surface area contributed by atoms with E-state index in [1.165, 1.54) is 13.2 Å². The highest BCUT2D eigenvalue weighted by Crippen LogP contribution is 2.29. The predicted octanol–water partition coefficient (Wildman–Crippen LogP) is 4.09. The number of carbonyl (C=O) groups excluding carboxylic acids is 3. The first-order chi connectivity index (χ1) is 17.0. The molecule has 0 spiro atoms. The summed E-state index contributed by atoms with van der Waals surface area (Å²) in [6.07, 6.45) is 3.19. The maximum atomic E-state index is 12.8. The van der Waals surface area contributed by atoms with Gasteiger partial charge in [-0.1, -0.05) is 48.5 Å². The molecule has 0 aromatic heterocycles. The lowest BCUT2D eigenvalue weighted by atomic mass is 10.1. The molecule has 1 aliphatic heterocycles. The summed E-state index contributed by atoms with van der Waals surface area (Å²) in [6, 6.07) is 23.9. The Bertz CT molecular complexity index is 1220. The van der Waals surface area contributed by atoms with Crippen LogP contribution in [0, 0.1) is 0 Å². The third kappa shape index (κ3) is 5.95. The minimum Gasteiger partial charge on any atom is -0.465 e. The van der Waals surface area contributed by atoms with Crippen LogP contribution in [-0.2, 0) is 9.53 Å². The lowest BCUT2D eigenvalue weighted by molar-refractivity contribution is -0.111. The Balaban J connectivity index is 1.50. The highest BCUT2D eigenvalue weighted by atomic mass is 16.5. The molecule has 1 aliphatic rings. The van der Waals surface area contributed by atoms with Gasteiger partial charge in [-0.05, 0) is 42.0 Å². The van der Waals surface area contributed by atoms with Crippen LogP contribution in [0.5, 0.6) is 0 Å². The number of amides is 2. The molecular formula is C28H27N3O4. The molecule has 0 bridgehead atoms. The van der Waals surface area contributed by atoms with Crippen molar-refractivity contribution >= 4 is 35.2 Å². The average Bonchev–Trinajstić information content (AvgIpc) is 2.92. The van der Waals surface area contributed by atoms with Crippen LogP contribution in [0.3, 0.4) is 0 Å². The number of esters is 1. The molecule has 0 aliphatic carbocycles. The predicted molar refractivity (Wildman–Crippen MR) is 136 cm³/mol. The molecule has 35 heavy (non-hydrogen) atoms. The van der Waals surface area contributed by atoms with Gasteiger partial charge in [0.2, 0.25) is 5.91 Å². The number of hydrogen-bond acceptors (Lipinski definition) is 5. The van der Waals surface area contributed by atoms with Crippen molar-refractivity contribution in [3.05, 3.63) is 102 Å². The Hall–Kier alpha value is -4.39. The molecule has 1 saturated heterocycles. The summed E-state index contributed by atoms with van der Waals surface area (Å²) in [4.78, 5) is 41.5. The van der Waals surface area contributed by atoms with Gasteiger partial charge in [-0.3, -0.25) is 9.59 Å². The smallest absolute Gasteiger partial charge is 0.337 e. The number of rotatable bonds is 6. The van der Waals surface area contributed by atoms with Crippen LogP contribution < -0.4 is 10.2 Å². The number of hydrogen-bond donors (Lipinski definition) is 1. The largest absolute Gasteiger partial charge is 0.465 e. The third-order valence-corrected chi connectivity index (χ3v) is 5.83. The summed E-state index contributed by atoms with van der Waals surface area (Å²) in [5.74, 6) is -0.786. The van der Waals surface area contributed by atoms with Gasteiger partial charge in [0.1, 0.15) is 0 Å². The van der Waals surface area contributed by atoms with Gasteiger partial charge in [-0.2, -0.15) is 0 Å². The number of nitrogens with one attached hydrogen (secondary N) is 1. The van der Waals surface area contributed by atoms with Crippen LogP contribution in [0.25, 0.3) is 6.08 Å². The van der Waals surface area contributed by atoms with Crippen molar-refractivity contribution in [3.63, 3.8) is 0 Å². The van der Waals surface area contributed by atoms with Gasteiger partial charge in [0.15, 0.2) is 0 Å². The quantitative estimate of drug-likeness (QED) is 0.435. The summed E-state index contributed by atoms with van der Waals surface area (Å²) in [5.41, 5.74) is 3.22. The standard InChI is InChI=1S/C28H27N3O4/c1-35-28(34)23-13-14-25(24(20-23)29-26(32)15-12-21-8-4-2-5-9-21)30-16-18-31(19-17-30)27(33)22-10-6-3-7-11-22/h2-15,20H,16-19H2,1H3,(H,29,32)/b15-12-. The molecular weight excluding hydrogens is 442 g/mol. The van der Waals surface area contributed by atoms with E-state index in [0.717, 1.165) is 11.3 Å². The van der Waals surface area contributed by atoms with Gasteiger partial charge in [0, 0.05) is 37.8 Å². The zero-order valence-electron chi connectivity index (χ0n) is 19.5. The summed E-state index contributed by atoms with van der Waals surface area (Å²) < 4.78 is 4.85. The summed E-state index contributed by atoms with van der Waals surface area (Å²) in [5, 5.41) is 2.90. The molecule has 3 aromatic rings. The molecule has 4 rings (SSSR count). The molecule has 0 radical (unpaired) electrons. The van der Waals surface area contributed by atoms with E-state index in [1.807, 2.05) is 65.6 Å². The Morgan fingerprint density at radius 2 is 1.49 bits per heavy atom. The van der Waals surface area contributed by atoms with E-state index in [-0.39, 0.29) is 11.8 Å². The fourth-order valence-corrected chi connectivity index (χ4v) is 3.98. The van der Waals surface area contributed by atoms with Crippen LogP contribution in [0.1, 0.15) is 26.3 Å². The summed E-state index contributed by atoms with van der Waals surface area (Å²) in [7, 11) is 1.32. The minimum absolute atomic E-state index is 0.00543. The maximum Gasteiger partial charge on any atom is 0.337 e. The number of nitrogens with zero attached hydrogens (tertiary/aromatic N) is 2. The molecule has 0 atom stereocenters. The molecule has 0 saturated carbocycles. The number of carbonyl (C=O) groups is 3. The monoisotopic (exact) mass is 469 g/mol. The SMILES string of the molecule is COC(=O)c1ccc(N2CCN(C(=O)c3ccccc3)CC2)c(NC(=O)/C=C\c2ccccc2)c1. The maximum absolute atomic E-state index is 12.8. The molecule has 2 amide bonds. The lowest BCUT2D eigenvalue weighted by Crippen LogP contribution is -2.49. The Morgan fingerprint density at radius 3 is 2.14 bits per heavy atom. The van der Waals surface area contributed by atoms with E-state index in [9.17, 15) is 14.4 Å². The van der Waals surface area contributed by atoms with Crippen molar-refractivity contribution in [1.29, 1.82) is 0 Å². The van der Waals surface area contributed by atoms with Crippen molar-refractivity contribution in [2.45, 2.75) is 0 Å². The highest BCUT2D eigenvalue weighted by Gasteiger charge is 2.24. The second kappa shape index (κ2) is 11.2. The van der Waals surface area contributed by atoms with E-state index in [0.29, 0.717) is 43.0 Å². The highest BCUT2D eigenvalue weighted by molar-refractivity contribution is 6.05. The Morgan fingerprint density at radius 1 is 0.829 bits per heavy atom. The third-order valence-electron chi connectivity index (χ3n) is 5.83. The Labute approximate surface area is 204 Å². The van der Waals surface area contributed by atoms with E-state index < -0.39 is 5.97 Å². The van der Waals surface area contributed by atoms with Crippen LogP contribution in [0.2, 0.25) is 0 Å². The molecule has 7 nitrogen and oxygen atoms in total. The first-order valence-corrected chi connectivity index (χ1v) is 11.4. The second-order valence-electron chi connectivity index (χ2n) is 8.10. The normalized spacial score (nSPS) is 13.5. The van der Waals surface area contributed by atoms with Crippen LogP contribution in [0.15, 0.2) is 84.9 Å². The first-order valence-electron chi connectivity index (χ1n) is 11.4. The number of ether oxygens (including phenoxy) is 1. The average molecular weight is 470 g/mol. The number of piperazine rings is 1. The van der Waals surface area contributed by atoms with Crippen molar-refractivity contribution in [2.75, 3.05) is 43.5 Å². The van der Waals surface area contributed by atoms with Gasteiger partial charge in [-0.15, -0.1) is 0 Å². The van der Waals surface area contributed by atoms with Crippen LogP contribution in [0.4, 0.5) is 11.4 Å². The fourth-order valence-electron chi connectivity index (χ4n) is 3.98.